The van der Waals surface area contributed by atoms with Gasteiger partial charge in [0.2, 0.25) is 5.95 Å². The third kappa shape index (κ3) is 5.52. The van der Waals surface area contributed by atoms with Crippen LogP contribution in [0, 0.1) is 0 Å². The Morgan fingerprint density at radius 1 is 1.17 bits per heavy atom. The molecule has 7 nitrogen and oxygen atoms in total. The van der Waals surface area contributed by atoms with Crippen LogP contribution in [-0.2, 0) is 16.0 Å². The van der Waals surface area contributed by atoms with Gasteiger partial charge in [-0.2, -0.15) is 13.2 Å². The lowest BCUT2D eigenvalue weighted by molar-refractivity contribution is -0.141. The van der Waals surface area contributed by atoms with E-state index < -0.39 is 45.2 Å². The minimum absolute atomic E-state index is 0.130. The van der Waals surface area contributed by atoms with E-state index in [-0.39, 0.29) is 35.1 Å². The summed E-state index contributed by atoms with van der Waals surface area (Å²) in [5, 5.41) is 5.47. The van der Waals surface area contributed by atoms with E-state index in [9.17, 15) is 26.4 Å². The highest BCUT2D eigenvalue weighted by atomic mass is 35.5. The van der Waals surface area contributed by atoms with Crippen molar-refractivity contribution in [2.75, 3.05) is 16.8 Å². The number of amides is 1. The molecular weight excluding hydrogens is 468 g/mol. The molecule has 1 aliphatic heterocycles. The molecule has 1 fully saturated rings. The Hall–Kier alpha value is -2.11. The summed E-state index contributed by atoms with van der Waals surface area (Å²) in [5.41, 5.74) is -1.95. The lowest BCUT2D eigenvalue weighted by atomic mass is 10.1. The highest BCUT2D eigenvalue weighted by Crippen LogP contribution is 2.32. The SMILES string of the molecule is O=C(NC1CCS(=O)(=O)CC1)c1cnc(Nc2ccc(Cl)cc2Cl)nc1C(F)(F)F. The zero-order valence-corrected chi connectivity index (χ0v) is 17.5. The van der Waals surface area contributed by atoms with Crippen molar-refractivity contribution >= 4 is 50.6 Å². The molecule has 162 valence electrons. The van der Waals surface area contributed by atoms with Crippen molar-refractivity contribution in [1.29, 1.82) is 0 Å². The lowest BCUT2D eigenvalue weighted by Gasteiger charge is -2.23. The summed E-state index contributed by atoms with van der Waals surface area (Å²) >= 11 is 11.8. The predicted octanol–water partition coefficient (Wildman–Crippen LogP) is 3.85. The van der Waals surface area contributed by atoms with Crippen LogP contribution in [0.4, 0.5) is 24.8 Å². The number of anilines is 2. The van der Waals surface area contributed by atoms with E-state index in [1.165, 1.54) is 18.2 Å². The summed E-state index contributed by atoms with van der Waals surface area (Å²) in [6.07, 6.45) is -3.90. The highest BCUT2D eigenvalue weighted by molar-refractivity contribution is 7.91. The van der Waals surface area contributed by atoms with E-state index in [0.29, 0.717) is 5.02 Å². The first-order valence-corrected chi connectivity index (χ1v) is 11.2. The van der Waals surface area contributed by atoms with Gasteiger partial charge in [-0.15, -0.1) is 0 Å². The van der Waals surface area contributed by atoms with Crippen LogP contribution >= 0.6 is 23.2 Å². The van der Waals surface area contributed by atoms with Crippen molar-refractivity contribution in [3.8, 4) is 0 Å². The predicted molar refractivity (Wildman–Crippen MR) is 106 cm³/mol. The Morgan fingerprint density at radius 2 is 1.83 bits per heavy atom. The molecule has 2 heterocycles. The number of benzene rings is 1. The van der Waals surface area contributed by atoms with E-state index in [2.05, 4.69) is 20.6 Å². The van der Waals surface area contributed by atoms with Gasteiger partial charge in [-0.1, -0.05) is 23.2 Å². The maximum Gasteiger partial charge on any atom is 0.434 e. The summed E-state index contributed by atoms with van der Waals surface area (Å²) in [6.45, 7) is 0. The second kappa shape index (κ2) is 8.56. The monoisotopic (exact) mass is 482 g/mol. The molecule has 0 bridgehead atoms. The summed E-state index contributed by atoms with van der Waals surface area (Å²) in [6, 6.07) is 3.77. The largest absolute Gasteiger partial charge is 0.434 e. The molecule has 1 aromatic carbocycles. The third-order valence-electron chi connectivity index (χ3n) is 4.37. The topological polar surface area (TPSA) is 101 Å². The number of hydrogen-bond donors (Lipinski definition) is 2. The first kappa shape index (κ1) is 22.6. The number of halogens is 5. The quantitative estimate of drug-likeness (QED) is 0.686. The molecular formula is C17H15Cl2F3N4O3S. The van der Waals surface area contributed by atoms with Crippen LogP contribution in [0.15, 0.2) is 24.4 Å². The number of carbonyl (C=O) groups excluding carboxylic acids is 1. The van der Waals surface area contributed by atoms with E-state index >= 15 is 0 Å². The smallest absolute Gasteiger partial charge is 0.349 e. The third-order valence-corrected chi connectivity index (χ3v) is 6.63. The Balaban J connectivity index is 1.83. The molecule has 2 aromatic rings. The number of alkyl halides is 3. The van der Waals surface area contributed by atoms with E-state index in [1.807, 2.05) is 0 Å². The lowest BCUT2D eigenvalue weighted by Crippen LogP contribution is -2.41. The number of nitrogens with one attached hydrogen (secondary N) is 2. The average molecular weight is 483 g/mol. The molecule has 1 aromatic heterocycles. The van der Waals surface area contributed by atoms with Gasteiger partial charge in [0.1, 0.15) is 9.84 Å². The van der Waals surface area contributed by atoms with Crippen LogP contribution < -0.4 is 10.6 Å². The zero-order valence-electron chi connectivity index (χ0n) is 15.1. The minimum Gasteiger partial charge on any atom is -0.349 e. The summed E-state index contributed by atoms with van der Waals surface area (Å²) in [4.78, 5) is 19.6. The molecule has 0 aliphatic carbocycles. The van der Waals surface area contributed by atoms with Crippen molar-refractivity contribution in [3.05, 3.63) is 45.7 Å². The molecule has 1 saturated heterocycles. The highest BCUT2D eigenvalue weighted by Gasteiger charge is 2.38. The van der Waals surface area contributed by atoms with Gasteiger partial charge >= 0.3 is 6.18 Å². The van der Waals surface area contributed by atoms with Gasteiger partial charge in [-0.3, -0.25) is 4.79 Å². The van der Waals surface area contributed by atoms with E-state index in [4.69, 9.17) is 23.2 Å². The Bertz CT molecular complexity index is 1070. The van der Waals surface area contributed by atoms with Crippen LogP contribution in [-0.4, -0.2) is 41.8 Å². The number of sulfone groups is 1. The van der Waals surface area contributed by atoms with Gasteiger partial charge in [0.05, 0.1) is 27.8 Å². The van der Waals surface area contributed by atoms with Gasteiger partial charge in [0, 0.05) is 17.3 Å². The van der Waals surface area contributed by atoms with Crippen LogP contribution in [0.2, 0.25) is 10.0 Å². The minimum atomic E-state index is -4.92. The van der Waals surface area contributed by atoms with Gasteiger partial charge in [0.15, 0.2) is 5.69 Å². The summed E-state index contributed by atoms with van der Waals surface area (Å²) in [5.74, 6) is -1.70. The molecule has 2 N–H and O–H groups in total. The Kier molecular flexibility index (Phi) is 6.44. The first-order valence-electron chi connectivity index (χ1n) is 8.62. The fraction of sp³-hybridized carbons (Fsp3) is 0.353. The molecule has 0 saturated carbocycles. The Morgan fingerprint density at radius 3 is 2.43 bits per heavy atom. The normalized spacial score (nSPS) is 16.8. The van der Waals surface area contributed by atoms with Gasteiger partial charge in [-0.05, 0) is 31.0 Å². The molecule has 0 unspecified atom stereocenters. The number of carbonyl (C=O) groups is 1. The fourth-order valence-corrected chi connectivity index (χ4v) is 4.78. The first-order chi connectivity index (χ1) is 13.9. The standard InChI is InChI=1S/C17H15Cl2F3N4O3S/c18-9-1-2-13(12(19)7-9)25-16-23-8-11(14(26-16)17(20,21)22)15(27)24-10-3-5-30(28,29)6-4-10/h1-2,7-8,10H,3-6H2,(H,24,27)(H,23,25,26). The summed E-state index contributed by atoms with van der Waals surface area (Å²) in [7, 11) is -3.17. The molecule has 13 heteroatoms. The molecule has 0 spiro atoms. The summed E-state index contributed by atoms with van der Waals surface area (Å²) < 4.78 is 63.5. The van der Waals surface area contributed by atoms with Crippen molar-refractivity contribution in [2.24, 2.45) is 0 Å². The molecule has 30 heavy (non-hydrogen) atoms. The second-order valence-corrected chi connectivity index (χ2v) is 9.75. The van der Waals surface area contributed by atoms with Crippen LogP contribution in [0.3, 0.4) is 0 Å². The molecule has 1 amide bonds. The van der Waals surface area contributed by atoms with Crippen LogP contribution in [0.5, 0.6) is 0 Å². The van der Waals surface area contributed by atoms with Gasteiger partial charge < -0.3 is 10.6 Å². The maximum absolute atomic E-state index is 13.5. The second-order valence-electron chi connectivity index (χ2n) is 6.60. The van der Waals surface area contributed by atoms with Crippen molar-refractivity contribution in [2.45, 2.75) is 25.1 Å². The number of nitrogens with zero attached hydrogens (tertiary/aromatic N) is 2. The van der Waals surface area contributed by atoms with Crippen LogP contribution in [0.1, 0.15) is 28.9 Å². The fourth-order valence-electron chi connectivity index (χ4n) is 2.83. The van der Waals surface area contributed by atoms with Crippen molar-refractivity contribution in [1.82, 2.24) is 15.3 Å². The molecule has 3 rings (SSSR count). The molecule has 0 atom stereocenters. The molecule has 1 aliphatic rings. The number of aromatic nitrogens is 2. The van der Waals surface area contributed by atoms with Crippen molar-refractivity contribution < 1.29 is 26.4 Å². The van der Waals surface area contributed by atoms with Gasteiger partial charge in [-0.25, -0.2) is 18.4 Å². The molecule has 0 radical (unpaired) electrons. The number of hydrogen-bond acceptors (Lipinski definition) is 6. The Labute approximate surface area is 179 Å². The average Bonchev–Trinajstić information content (AvgIpc) is 2.65. The maximum atomic E-state index is 13.5. The zero-order chi connectivity index (χ0) is 22.1. The van der Waals surface area contributed by atoms with E-state index in [0.717, 1.165) is 6.20 Å². The van der Waals surface area contributed by atoms with Crippen LogP contribution in [0.25, 0.3) is 0 Å². The number of rotatable bonds is 4. The van der Waals surface area contributed by atoms with E-state index in [1.54, 1.807) is 0 Å². The van der Waals surface area contributed by atoms with Gasteiger partial charge in [0.25, 0.3) is 5.91 Å². The van der Waals surface area contributed by atoms with Crippen molar-refractivity contribution in [3.63, 3.8) is 0 Å².